The van der Waals surface area contributed by atoms with Gasteiger partial charge in [-0.05, 0) is 214 Å². The Morgan fingerprint density at radius 3 is 0.704 bits per heavy atom. The summed E-state index contributed by atoms with van der Waals surface area (Å²) in [5, 5.41) is 13.8. The van der Waals surface area contributed by atoms with Crippen LogP contribution in [0, 0.1) is 0 Å². The van der Waals surface area contributed by atoms with E-state index < -0.39 is 0 Å². The van der Waals surface area contributed by atoms with E-state index in [-0.39, 0.29) is 0 Å². The van der Waals surface area contributed by atoms with Crippen molar-refractivity contribution < 1.29 is 13.3 Å². The van der Waals surface area contributed by atoms with E-state index in [1.807, 2.05) is 36.4 Å². The molecule has 0 fully saturated rings. The zero-order chi connectivity index (χ0) is 70.7. The number of aromatic nitrogens is 6. The van der Waals surface area contributed by atoms with Crippen LogP contribution in [0.2, 0.25) is 0 Å². The van der Waals surface area contributed by atoms with Gasteiger partial charge in [-0.1, -0.05) is 182 Å². The van der Waals surface area contributed by atoms with E-state index in [0.717, 1.165) is 177 Å². The second kappa shape index (κ2) is 23.4. The zero-order valence-corrected chi connectivity index (χ0v) is 57.9. The summed E-state index contributed by atoms with van der Waals surface area (Å²) in [6.45, 7) is 0. The summed E-state index contributed by atoms with van der Waals surface area (Å²) in [4.78, 5) is 16.0. The van der Waals surface area contributed by atoms with E-state index in [0.29, 0.717) is 17.5 Å². The molecule has 9 nitrogen and oxygen atoms in total. The Bertz CT molecular complexity index is 7360. The molecule has 0 aliphatic carbocycles. The molecule has 0 aliphatic rings. The Morgan fingerprint density at radius 1 is 0.157 bits per heavy atom. The van der Waals surface area contributed by atoms with Gasteiger partial charge in [0.1, 0.15) is 33.5 Å². The lowest BCUT2D eigenvalue weighted by atomic mass is 10.0. The van der Waals surface area contributed by atoms with Crippen LogP contribution in [0.4, 0.5) is 0 Å². The average molecular weight is 1380 g/mol. The molecule has 23 rings (SSSR count). The van der Waals surface area contributed by atoms with Gasteiger partial charge in [0.15, 0.2) is 17.5 Å². The molecule has 7 aromatic heterocycles. The van der Waals surface area contributed by atoms with E-state index >= 15 is 0 Å². The summed E-state index contributed by atoms with van der Waals surface area (Å²) in [5.74, 6) is 1.72. The molecule has 0 saturated heterocycles. The lowest BCUT2D eigenvalue weighted by Crippen LogP contribution is -2.01. The molecular formula is C99H58N6O3. The fourth-order valence-corrected chi connectivity index (χ4v) is 16.9. The van der Waals surface area contributed by atoms with Gasteiger partial charge >= 0.3 is 0 Å². The van der Waals surface area contributed by atoms with Gasteiger partial charge in [-0.25, -0.2) is 15.0 Å². The van der Waals surface area contributed by atoms with Gasteiger partial charge in [-0.2, -0.15) is 0 Å². The predicted molar refractivity (Wildman–Crippen MR) is 443 cm³/mol. The molecule has 0 N–H and O–H groups in total. The first-order valence-corrected chi connectivity index (χ1v) is 36.5. The van der Waals surface area contributed by atoms with Crippen LogP contribution in [0.5, 0.6) is 0 Å². The number of furan rings is 3. The fraction of sp³-hybridized carbons (Fsp3) is 0. The van der Waals surface area contributed by atoms with Crippen molar-refractivity contribution >= 4 is 131 Å². The van der Waals surface area contributed by atoms with E-state index in [2.05, 4.69) is 329 Å². The van der Waals surface area contributed by atoms with Crippen LogP contribution in [-0.2, 0) is 0 Å². The molecule has 0 bridgehead atoms. The minimum absolute atomic E-state index is 0.571. The minimum atomic E-state index is 0.571. The van der Waals surface area contributed by atoms with Crippen LogP contribution < -0.4 is 0 Å². The normalized spacial score (nSPS) is 12.1. The van der Waals surface area contributed by atoms with Crippen LogP contribution in [0.1, 0.15) is 0 Å². The second-order valence-electron chi connectivity index (χ2n) is 28.2. The van der Waals surface area contributed by atoms with Crippen LogP contribution in [0.3, 0.4) is 0 Å². The largest absolute Gasteiger partial charge is 0.456 e. The van der Waals surface area contributed by atoms with Gasteiger partial charge in [-0.15, -0.1) is 0 Å². The molecule has 108 heavy (non-hydrogen) atoms. The van der Waals surface area contributed by atoms with Crippen molar-refractivity contribution in [3.8, 4) is 95.7 Å². The van der Waals surface area contributed by atoms with Gasteiger partial charge in [0.2, 0.25) is 0 Å². The average Bonchev–Trinajstić information content (AvgIpc) is 1.59. The summed E-state index contributed by atoms with van der Waals surface area (Å²) < 4.78 is 26.1. The summed E-state index contributed by atoms with van der Waals surface area (Å²) in [5.41, 5.74) is 26.7. The maximum atomic E-state index is 6.35. The molecule has 16 aromatic carbocycles. The molecule has 0 atom stereocenters. The lowest BCUT2D eigenvalue weighted by Gasteiger charge is -2.12. The van der Waals surface area contributed by atoms with Crippen LogP contribution in [0.15, 0.2) is 365 Å². The number of hydrogen-bond acceptors (Lipinski definition) is 6. The highest BCUT2D eigenvalue weighted by Crippen LogP contribution is 2.43. The molecule has 0 radical (unpaired) electrons. The lowest BCUT2D eigenvalue weighted by molar-refractivity contribution is 0.668. The van der Waals surface area contributed by atoms with Crippen molar-refractivity contribution in [2.45, 2.75) is 0 Å². The summed E-state index contributed by atoms with van der Waals surface area (Å²) in [6.07, 6.45) is 0. The Balaban J connectivity index is 0.592. The maximum absolute atomic E-state index is 6.35. The molecule has 0 unspecified atom stereocenters. The highest BCUT2D eigenvalue weighted by Gasteiger charge is 2.22. The first-order chi connectivity index (χ1) is 53.5. The van der Waals surface area contributed by atoms with Gasteiger partial charge in [-0.3, -0.25) is 0 Å². The summed E-state index contributed by atoms with van der Waals surface area (Å²) >= 11 is 0. The molecule has 7 heterocycles. The molecule has 9 heteroatoms. The number of hydrogen-bond donors (Lipinski definition) is 0. The second-order valence-corrected chi connectivity index (χ2v) is 28.2. The Hall–Kier alpha value is -14.7. The standard InChI is InChI=1S/C99H58N6O3/c1-7-19-85-73(13-1)82-53-64(67-35-47-79-76-16-4-10-22-91(76)106-94(79)56-67)38-50-88(82)103(85)70-41-29-60(30-42-70)59-25-27-61(28-26-59)97-100-98(62-31-43-71(44-32-62)104-86-20-8-2-14-74(86)83-54-65(39-51-89(83)104)68-36-48-80-77-17-5-11-23-92(77)107-95(80)57-68)102-99(101-97)63-33-45-72(46-34-63)105-87-21-9-3-15-75(87)84-55-66(40-52-90(84)105)69-37-49-81-78-18-6-12-24-93(78)108-96(81)58-69/h1-58H. The van der Waals surface area contributed by atoms with Gasteiger partial charge < -0.3 is 27.0 Å². The quantitative estimate of drug-likeness (QED) is 0.135. The highest BCUT2D eigenvalue weighted by atomic mass is 16.3. The number of fused-ring (bicyclic) bond motifs is 18. The van der Waals surface area contributed by atoms with Gasteiger partial charge in [0, 0.05) is 98.4 Å². The van der Waals surface area contributed by atoms with Crippen molar-refractivity contribution in [1.29, 1.82) is 0 Å². The highest BCUT2D eigenvalue weighted by molar-refractivity contribution is 6.15. The SMILES string of the molecule is c1ccc2c(c1)oc1cc(-c3ccc4c(c3)c3ccccc3n4-c3ccc(-c4ccc(-c5nc(-c6ccc(-n7c8ccccc8c8cc(-c9ccc%10c(c9)oc9ccccc9%10)ccc87)cc6)nc(-c6ccc(-n7c8ccccc8c8cc(-c9ccc%10c(c9)oc9ccccc9%10)ccc87)cc6)n5)cc4)cc3)ccc12. The van der Waals surface area contributed by atoms with E-state index in [4.69, 9.17) is 28.2 Å². The fourth-order valence-electron chi connectivity index (χ4n) is 16.9. The molecule has 0 spiro atoms. The summed E-state index contributed by atoms with van der Waals surface area (Å²) in [7, 11) is 0. The molecule has 502 valence electrons. The van der Waals surface area contributed by atoms with Crippen molar-refractivity contribution in [2.24, 2.45) is 0 Å². The van der Waals surface area contributed by atoms with E-state index in [1.54, 1.807) is 0 Å². The maximum Gasteiger partial charge on any atom is 0.164 e. The Morgan fingerprint density at radius 2 is 0.380 bits per heavy atom. The molecule has 0 amide bonds. The van der Waals surface area contributed by atoms with E-state index in [1.165, 1.54) is 32.3 Å². The van der Waals surface area contributed by atoms with E-state index in [9.17, 15) is 0 Å². The minimum Gasteiger partial charge on any atom is -0.456 e. The number of nitrogens with zero attached hydrogens (tertiary/aromatic N) is 6. The topological polar surface area (TPSA) is 92.9 Å². The van der Waals surface area contributed by atoms with Gasteiger partial charge in [0.25, 0.3) is 0 Å². The van der Waals surface area contributed by atoms with Crippen molar-refractivity contribution in [2.75, 3.05) is 0 Å². The molecule has 23 aromatic rings. The number of rotatable bonds is 10. The molecule has 0 aliphatic heterocycles. The van der Waals surface area contributed by atoms with Crippen LogP contribution in [-0.4, -0.2) is 28.7 Å². The third-order valence-corrected chi connectivity index (χ3v) is 22.2. The molecular weight excluding hydrogens is 1320 g/mol. The van der Waals surface area contributed by atoms with Crippen molar-refractivity contribution in [3.05, 3.63) is 352 Å². The van der Waals surface area contributed by atoms with Crippen LogP contribution in [0.25, 0.3) is 227 Å². The monoisotopic (exact) mass is 1380 g/mol. The first-order valence-electron chi connectivity index (χ1n) is 36.5. The summed E-state index contributed by atoms with van der Waals surface area (Å²) in [6, 6.07) is 125. The first kappa shape index (κ1) is 59.8. The number of benzene rings is 16. The number of para-hydroxylation sites is 6. The molecule has 0 saturated carbocycles. The van der Waals surface area contributed by atoms with Crippen LogP contribution >= 0.6 is 0 Å². The third kappa shape index (κ3) is 9.42. The van der Waals surface area contributed by atoms with Crippen molar-refractivity contribution in [1.82, 2.24) is 28.7 Å². The predicted octanol–water partition coefficient (Wildman–Crippen LogP) is 26.5. The van der Waals surface area contributed by atoms with Crippen molar-refractivity contribution in [3.63, 3.8) is 0 Å². The Labute approximate surface area is 616 Å². The zero-order valence-electron chi connectivity index (χ0n) is 57.9. The Kier molecular flexibility index (Phi) is 13.0. The smallest absolute Gasteiger partial charge is 0.164 e. The van der Waals surface area contributed by atoms with Gasteiger partial charge in [0.05, 0.1) is 33.1 Å². The third-order valence-electron chi connectivity index (χ3n) is 22.2.